The smallest absolute Gasteiger partial charge is 0.279 e. The van der Waals surface area contributed by atoms with Crippen LogP contribution in [-0.4, -0.2) is 12.5 Å². The van der Waals surface area contributed by atoms with E-state index in [1.807, 2.05) is 66.0 Å². The predicted octanol–water partition coefficient (Wildman–Crippen LogP) is 4.19. The Labute approximate surface area is 165 Å². The summed E-state index contributed by atoms with van der Waals surface area (Å²) in [6.07, 6.45) is 0.789. The number of nitrogens with one attached hydrogen (secondary N) is 1. The molecule has 27 heavy (non-hydrogen) atoms. The molecule has 0 aliphatic heterocycles. The number of rotatable bonds is 7. The largest absolute Gasteiger partial charge is 0.332 e. The minimum absolute atomic E-state index is 0.0191. The number of amides is 1. The van der Waals surface area contributed by atoms with Crippen LogP contribution in [0.3, 0.4) is 0 Å². The van der Waals surface area contributed by atoms with Gasteiger partial charge >= 0.3 is 0 Å². The van der Waals surface area contributed by atoms with Crippen molar-refractivity contribution in [3.05, 3.63) is 101 Å². The molecule has 3 rings (SSSR count). The van der Waals surface area contributed by atoms with E-state index in [2.05, 4.69) is 30.4 Å². The fraction of sp³-hybridized carbons (Fsp3) is 0.174. The van der Waals surface area contributed by atoms with Crippen LogP contribution < -0.4 is 10.6 Å². The molecule has 1 amide bonds. The fourth-order valence-electron chi connectivity index (χ4n) is 3.07. The first-order chi connectivity index (χ1) is 13.1. The van der Waals surface area contributed by atoms with Crippen molar-refractivity contribution in [3.63, 3.8) is 0 Å². The molecule has 3 aromatic rings. The summed E-state index contributed by atoms with van der Waals surface area (Å²) in [6.45, 7) is 2.39. The molecule has 0 saturated heterocycles. The van der Waals surface area contributed by atoms with Crippen molar-refractivity contribution in [3.8, 4) is 0 Å². The molecule has 0 radical (unpaired) electrons. The lowest BCUT2D eigenvalue weighted by Gasteiger charge is -2.14. The van der Waals surface area contributed by atoms with Gasteiger partial charge in [-0.2, -0.15) is 0 Å². The minimum Gasteiger partial charge on any atom is -0.332 e. The molecule has 1 atom stereocenters. The molecule has 4 heteroatoms. The number of nitrogens with two attached hydrogens (primary N) is 1. The van der Waals surface area contributed by atoms with Crippen LogP contribution in [0.5, 0.6) is 0 Å². The lowest BCUT2D eigenvalue weighted by atomic mass is 10.0. The highest BCUT2D eigenvalue weighted by atomic mass is 35.5. The van der Waals surface area contributed by atoms with Crippen molar-refractivity contribution < 1.29 is 10.1 Å². The maximum absolute atomic E-state index is 12.5. The van der Waals surface area contributed by atoms with Crippen molar-refractivity contribution in [1.82, 2.24) is 0 Å². The van der Waals surface area contributed by atoms with Gasteiger partial charge in [0.25, 0.3) is 5.91 Å². The van der Waals surface area contributed by atoms with Crippen LogP contribution in [0.15, 0.2) is 78.9 Å². The molecule has 0 fully saturated rings. The predicted molar refractivity (Wildman–Crippen MR) is 111 cm³/mol. The topological polar surface area (TPSA) is 45.7 Å². The second-order valence-corrected chi connectivity index (χ2v) is 7.02. The maximum atomic E-state index is 12.5. The van der Waals surface area contributed by atoms with Crippen molar-refractivity contribution in [1.29, 1.82) is 0 Å². The average Bonchev–Trinajstić information content (AvgIpc) is 2.69. The molecule has 0 aliphatic carbocycles. The second-order valence-electron chi connectivity index (χ2n) is 6.62. The minimum atomic E-state index is -0.0191. The molecule has 0 bridgehead atoms. The Hall–Kier alpha value is -2.62. The van der Waals surface area contributed by atoms with Gasteiger partial charge < -0.3 is 10.6 Å². The summed E-state index contributed by atoms with van der Waals surface area (Å²) in [5.41, 5.74) is 4.23. The zero-order valence-electron chi connectivity index (χ0n) is 15.4. The second kappa shape index (κ2) is 9.36. The van der Waals surface area contributed by atoms with E-state index in [0.717, 1.165) is 28.3 Å². The molecule has 0 aromatic heterocycles. The molecular formula is C23H24ClN2O+. The van der Waals surface area contributed by atoms with E-state index >= 15 is 0 Å². The third-order valence-electron chi connectivity index (χ3n) is 4.58. The van der Waals surface area contributed by atoms with Gasteiger partial charge in [0.1, 0.15) is 6.04 Å². The maximum Gasteiger partial charge on any atom is 0.279 e. The van der Waals surface area contributed by atoms with E-state index in [0.29, 0.717) is 6.54 Å². The SMILES string of the molecule is C[C@@H]([NH2+]CC(=O)Nc1ccccc1Cc1ccccc1)c1ccccc1Cl. The Balaban J connectivity index is 1.60. The van der Waals surface area contributed by atoms with Crippen molar-refractivity contribution >= 4 is 23.2 Å². The molecule has 0 saturated carbocycles. The van der Waals surface area contributed by atoms with Crippen molar-refractivity contribution in [2.24, 2.45) is 0 Å². The van der Waals surface area contributed by atoms with Gasteiger partial charge in [-0.05, 0) is 36.6 Å². The Morgan fingerprint density at radius 1 is 0.963 bits per heavy atom. The van der Waals surface area contributed by atoms with Gasteiger partial charge in [0.2, 0.25) is 0 Å². The van der Waals surface area contributed by atoms with Gasteiger partial charge in [0, 0.05) is 16.3 Å². The van der Waals surface area contributed by atoms with Gasteiger partial charge in [-0.3, -0.25) is 4.79 Å². The highest BCUT2D eigenvalue weighted by Gasteiger charge is 2.15. The third-order valence-corrected chi connectivity index (χ3v) is 4.93. The summed E-state index contributed by atoms with van der Waals surface area (Å²) >= 11 is 6.24. The molecule has 3 N–H and O–H groups in total. The van der Waals surface area contributed by atoms with Gasteiger partial charge in [0.05, 0.1) is 0 Å². The third kappa shape index (κ3) is 5.43. The van der Waals surface area contributed by atoms with Crippen LogP contribution in [0.1, 0.15) is 29.7 Å². The molecular weight excluding hydrogens is 356 g/mol. The summed E-state index contributed by atoms with van der Waals surface area (Å²) in [6, 6.07) is 26.1. The van der Waals surface area contributed by atoms with Crippen molar-refractivity contribution in [2.45, 2.75) is 19.4 Å². The Morgan fingerprint density at radius 3 is 2.41 bits per heavy atom. The zero-order chi connectivity index (χ0) is 19.1. The molecule has 0 unspecified atom stereocenters. The van der Waals surface area contributed by atoms with Crippen LogP contribution in [0.25, 0.3) is 0 Å². The normalized spacial score (nSPS) is 11.8. The van der Waals surface area contributed by atoms with Gasteiger partial charge in [-0.25, -0.2) is 0 Å². The van der Waals surface area contributed by atoms with E-state index in [9.17, 15) is 4.79 Å². The molecule has 138 valence electrons. The highest BCUT2D eigenvalue weighted by Crippen LogP contribution is 2.20. The van der Waals surface area contributed by atoms with Crippen LogP contribution in [0, 0.1) is 0 Å². The van der Waals surface area contributed by atoms with E-state index in [1.165, 1.54) is 5.56 Å². The number of para-hydroxylation sites is 1. The summed E-state index contributed by atoms with van der Waals surface area (Å²) in [5, 5.41) is 5.78. The number of hydrogen-bond donors (Lipinski definition) is 2. The zero-order valence-corrected chi connectivity index (χ0v) is 16.1. The molecule has 0 aliphatic rings. The number of carbonyl (C=O) groups is 1. The molecule has 0 heterocycles. The van der Waals surface area contributed by atoms with Crippen LogP contribution >= 0.6 is 11.6 Å². The number of halogens is 1. The Kier molecular flexibility index (Phi) is 6.64. The Morgan fingerprint density at radius 2 is 1.63 bits per heavy atom. The van der Waals surface area contributed by atoms with Gasteiger partial charge in [-0.1, -0.05) is 78.3 Å². The van der Waals surface area contributed by atoms with E-state index in [-0.39, 0.29) is 11.9 Å². The van der Waals surface area contributed by atoms with Crippen LogP contribution in [-0.2, 0) is 11.2 Å². The molecule has 0 spiro atoms. The van der Waals surface area contributed by atoms with Gasteiger partial charge in [-0.15, -0.1) is 0 Å². The quantitative estimate of drug-likeness (QED) is 0.635. The van der Waals surface area contributed by atoms with E-state index in [4.69, 9.17) is 11.6 Å². The van der Waals surface area contributed by atoms with E-state index < -0.39 is 0 Å². The number of carbonyl (C=O) groups excluding carboxylic acids is 1. The summed E-state index contributed by atoms with van der Waals surface area (Å²) in [4.78, 5) is 12.5. The first-order valence-corrected chi connectivity index (χ1v) is 9.50. The number of hydrogen-bond acceptors (Lipinski definition) is 1. The Bertz CT molecular complexity index is 896. The van der Waals surface area contributed by atoms with Crippen LogP contribution in [0.4, 0.5) is 5.69 Å². The summed E-state index contributed by atoms with van der Waals surface area (Å²) < 4.78 is 0. The average molecular weight is 380 g/mol. The lowest BCUT2D eigenvalue weighted by Crippen LogP contribution is -2.86. The summed E-state index contributed by atoms with van der Waals surface area (Å²) in [5.74, 6) is -0.0191. The van der Waals surface area contributed by atoms with Gasteiger partial charge in [0.15, 0.2) is 6.54 Å². The number of benzene rings is 3. The number of quaternary nitrogens is 1. The van der Waals surface area contributed by atoms with Crippen molar-refractivity contribution in [2.75, 3.05) is 11.9 Å². The monoisotopic (exact) mass is 379 g/mol. The lowest BCUT2D eigenvalue weighted by molar-refractivity contribution is -0.682. The number of anilines is 1. The highest BCUT2D eigenvalue weighted by molar-refractivity contribution is 6.31. The summed E-state index contributed by atoms with van der Waals surface area (Å²) in [7, 11) is 0. The fourth-order valence-corrected chi connectivity index (χ4v) is 3.38. The first-order valence-electron chi connectivity index (χ1n) is 9.13. The molecule has 3 nitrogen and oxygen atoms in total. The standard InChI is InChI=1S/C23H23ClN2O/c1-17(20-12-6-7-13-21(20)24)25-16-23(27)26-22-14-8-5-11-19(22)15-18-9-3-2-4-10-18/h2-14,17,25H,15-16H2,1H3,(H,26,27)/p+1/t17-/m1/s1. The van der Waals surface area contributed by atoms with Crippen LogP contribution in [0.2, 0.25) is 5.02 Å². The molecule has 3 aromatic carbocycles. The first kappa shape index (κ1) is 19.2. The van der Waals surface area contributed by atoms with E-state index in [1.54, 1.807) is 0 Å².